The van der Waals surface area contributed by atoms with E-state index in [0.29, 0.717) is 32.9 Å². The van der Waals surface area contributed by atoms with E-state index < -0.39 is 65.7 Å². The van der Waals surface area contributed by atoms with Gasteiger partial charge in [-0.1, -0.05) is 6.07 Å². The second-order valence-corrected chi connectivity index (χ2v) is 11.6. The number of benzene rings is 1. The van der Waals surface area contributed by atoms with Crippen molar-refractivity contribution in [2.75, 3.05) is 0 Å². The third-order valence-corrected chi connectivity index (χ3v) is 8.65. The van der Waals surface area contributed by atoms with Gasteiger partial charge in [0, 0.05) is 41.1 Å². The number of halogens is 6. The summed E-state index contributed by atoms with van der Waals surface area (Å²) in [6.07, 6.45) is 1.66. The topological polar surface area (TPSA) is 106 Å². The summed E-state index contributed by atoms with van der Waals surface area (Å²) < 4.78 is 88.8. The fourth-order valence-electron chi connectivity index (χ4n) is 6.60. The first kappa shape index (κ1) is 28.3. The van der Waals surface area contributed by atoms with Crippen LogP contribution in [0.5, 0.6) is 0 Å². The third kappa shape index (κ3) is 4.60. The van der Waals surface area contributed by atoms with Crippen LogP contribution in [-0.4, -0.2) is 40.5 Å². The van der Waals surface area contributed by atoms with Gasteiger partial charge in [-0.2, -0.15) is 24.1 Å². The van der Waals surface area contributed by atoms with E-state index in [1.165, 1.54) is 6.20 Å². The van der Waals surface area contributed by atoms with Crippen molar-refractivity contribution in [3.8, 4) is 11.1 Å². The maximum atomic E-state index is 15.2. The van der Waals surface area contributed by atoms with E-state index in [0.717, 1.165) is 17.6 Å². The van der Waals surface area contributed by atoms with Gasteiger partial charge in [-0.3, -0.25) is 14.6 Å². The van der Waals surface area contributed by atoms with Crippen LogP contribution in [0, 0.1) is 17.6 Å². The third-order valence-electron chi connectivity index (χ3n) is 8.65. The number of H-pyrrole nitrogens is 1. The van der Waals surface area contributed by atoms with Crippen LogP contribution in [0.2, 0.25) is 0 Å². The molecule has 0 spiro atoms. The van der Waals surface area contributed by atoms with E-state index in [-0.39, 0.29) is 29.7 Å². The molecule has 2 aliphatic carbocycles. The summed E-state index contributed by atoms with van der Waals surface area (Å²) in [5, 5.41) is 17.7. The van der Waals surface area contributed by atoms with Gasteiger partial charge in [0.05, 0.1) is 29.0 Å². The van der Waals surface area contributed by atoms with Gasteiger partial charge in [0.15, 0.2) is 0 Å². The van der Waals surface area contributed by atoms with Crippen LogP contribution >= 0.6 is 0 Å². The maximum Gasteiger partial charge on any atom is 0.293 e. The molecule has 5 heterocycles. The molecule has 1 saturated carbocycles. The van der Waals surface area contributed by atoms with Gasteiger partial charge >= 0.3 is 0 Å². The van der Waals surface area contributed by atoms with Gasteiger partial charge in [-0.25, -0.2) is 27.1 Å². The number of hydrogen-bond donors (Lipinski definition) is 2. The van der Waals surface area contributed by atoms with E-state index >= 15 is 8.78 Å². The average molecular weight is 637 g/mol. The fourth-order valence-corrected chi connectivity index (χ4v) is 6.60. The SMILES string of the molecule is O=C(Cn1nc(C(F)F)c2c1C(F)(F)[C@@H]1C[C@H]21)N[C@@H](Cc1cc(F)cc(F)c1)c1nc2cn[nH]c2cc1-c1ccc2ccnn2c1. The zero-order valence-electron chi connectivity index (χ0n) is 23.6. The highest BCUT2D eigenvalue weighted by molar-refractivity contribution is 5.83. The minimum atomic E-state index is -3.41. The lowest BCUT2D eigenvalue weighted by atomic mass is 9.95. The van der Waals surface area contributed by atoms with Crippen LogP contribution in [-0.2, 0) is 23.7 Å². The molecule has 0 radical (unpaired) electrons. The average Bonchev–Trinajstić information content (AvgIpc) is 3.28. The van der Waals surface area contributed by atoms with Crippen molar-refractivity contribution < 1.29 is 31.1 Å². The number of aromatic amines is 1. The molecule has 234 valence electrons. The predicted molar refractivity (Wildman–Crippen MR) is 151 cm³/mol. The van der Waals surface area contributed by atoms with Crippen molar-refractivity contribution in [3.05, 3.63) is 101 Å². The minimum Gasteiger partial charge on any atom is -0.346 e. The second kappa shape index (κ2) is 10.2. The molecule has 15 heteroatoms. The van der Waals surface area contributed by atoms with Crippen LogP contribution in [0.4, 0.5) is 26.3 Å². The molecular weight excluding hydrogens is 614 g/mol. The Hall–Kier alpha value is -5.21. The number of alkyl halides is 4. The van der Waals surface area contributed by atoms with Crippen molar-refractivity contribution in [3.63, 3.8) is 0 Å². The van der Waals surface area contributed by atoms with Crippen molar-refractivity contribution in [2.45, 2.75) is 43.7 Å². The molecule has 0 unspecified atom stereocenters. The first-order valence-electron chi connectivity index (χ1n) is 14.4. The summed E-state index contributed by atoms with van der Waals surface area (Å²) in [5.74, 6) is -7.74. The standard InChI is InChI=1S/C31H22F6N8O/c32-16-5-14(6-17(33)8-16)7-23(40-25(46)13-45-29-26(28(43-45)30(34)35)20-9-21(20)31(29,36)37)27-19(10-22-24(41-27)11-38-42-22)15-1-2-18-3-4-39-44(18)12-15/h1-6,8,10-12,20-21,23,30H,7,9,13H2,(H,38,42)(H,40,46)/t20-,21+,23-/m0/s1. The van der Waals surface area contributed by atoms with Crippen LogP contribution in [0.1, 0.15) is 53.0 Å². The first-order chi connectivity index (χ1) is 22.1. The summed E-state index contributed by atoms with van der Waals surface area (Å²) in [6, 6.07) is 9.05. The fraction of sp³-hybridized carbons (Fsp3) is 0.258. The lowest BCUT2D eigenvalue weighted by Crippen LogP contribution is -2.35. The highest BCUT2D eigenvalue weighted by Gasteiger charge is 2.67. The number of amides is 1. The summed E-state index contributed by atoms with van der Waals surface area (Å²) in [5.41, 5.74) is 1.80. The van der Waals surface area contributed by atoms with E-state index in [1.54, 1.807) is 29.0 Å². The largest absolute Gasteiger partial charge is 0.346 e. The van der Waals surface area contributed by atoms with Crippen LogP contribution in [0.25, 0.3) is 27.7 Å². The lowest BCUT2D eigenvalue weighted by Gasteiger charge is -2.22. The number of rotatable bonds is 8. The minimum absolute atomic E-state index is 0.0825. The number of carbonyl (C=O) groups is 1. The number of hydrogen-bond acceptors (Lipinski definition) is 5. The molecule has 1 aromatic carbocycles. The summed E-state index contributed by atoms with van der Waals surface area (Å²) in [6.45, 7) is -0.791. The smallest absolute Gasteiger partial charge is 0.293 e. The Kier molecular flexibility index (Phi) is 6.24. The summed E-state index contributed by atoms with van der Waals surface area (Å²) in [7, 11) is 0. The van der Waals surface area contributed by atoms with Crippen LogP contribution < -0.4 is 5.32 Å². The summed E-state index contributed by atoms with van der Waals surface area (Å²) >= 11 is 0. The Morgan fingerprint density at radius 2 is 1.89 bits per heavy atom. The van der Waals surface area contributed by atoms with Crippen molar-refractivity contribution in [2.24, 2.45) is 5.92 Å². The van der Waals surface area contributed by atoms with Gasteiger partial charge in [0.2, 0.25) is 5.91 Å². The van der Waals surface area contributed by atoms with Crippen LogP contribution in [0.3, 0.4) is 0 Å². The second-order valence-electron chi connectivity index (χ2n) is 11.6. The first-order valence-corrected chi connectivity index (χ1v) is 14.4. The van der Waals surface area contributed by atoms with Gasteiger partial charge in [0.25, 0.3) is 12.3 Å². The Morgan fingerprint density at radius 3 is 2.67 bits per heavy atom. The molecule has 0 saturated heterocycles. The predicted octanol–water partition coefficient (Wildman–Crippen LogP) is 5.99. The molecule has 0 aliphatic heterocycles. The molecule has 1 fully saturated rings. The number of nitrogens with zero attached hydrogens (tertiary/aromatic N) is 6. The van der Waals surface area contributed by atoms with Gasteiger partial charge in [-0.15, -0.1) is 0 Å². The van der Waals surface area contributed by atoms with E-state index in [2.05, 4.69) is 25.7 Å². The highest BCUT2D eigenvalue weighted by Crippen LogP contribution is 2.68. The number of fused-ring (bicyclic) bond motifs is 5. The number of pyridine rings is 2. The molecule has 3 atom stereocenters. The van der Waals surface area contributed by atoms with Gasteiger partial charge < -0.3 is 5.32 Å². The molecule has 46 heavy (non-hydrogen) atoms. The van der Waals surface area contributed by atoms with Crippen molar-refractivity contribution in [1.82, 2.24) is 39.9 Å². The molecule has 6 aromatic rings. The summed E-state index contributed by atoms with van der Waals surface area (Å²) in [4.78, 5) is 18.3. The molecule has 8 rings (SSSR count). The molecule has 1 amide bonds. The molecule has 2 N–H and O–H groups in total. The number of aromatic nitrogens is 7. The van der Waals surface area contributed by atoms with Gasteiger partial charge in [-0.05, 0) is 54.7 Å². The lowest BCUT2D eigenvalue weighted by molar-refractivity contribution is -0.123. The molecule has 2 aliphatic rings. The normalized spacial score (nSPS) is 18.7. The molecule has 0 bridgehead atoms. The Labute approximate surface area is 255 Å². The maximum absolute atomic E-state index is 15.2. The molecule has 9 nitrogen and oxygen atoms in total. The van der Waals surface area contributed by atoms with Crippen LogP contribution in [0.15, 0.2) is 61.1 Å². The van der Waals surface area contributed by atoms with E-state index in [1.807, 2.05) is 12.1 Å². The Morgan fingerprint density at radius 1 is 1.09 bits per heavy atom. The highest BCUT2D eigenvalue weighted by atomic mass is 19.3. The van der Waals surface area contributed by atoms with Crippen molar-refractivity contribution in [1.29, 1.82) is 0 Å². The van der Waals surface area contributed by atoms with Crippen molar-refractivity contribution >= 4 is 22.5 Å². The number of carbonyl (C=O) groups excluding carboxylic acids is 1. The molecular formula is C31H22F6N8O. The zero-order chi connectivity index (χ0) is 31.9. The van der Waals surface area contributed by atoms with E-state index in [9.17, 15) is 22.4 Å². The monoisotopic (exact) mass is 636 g/mol. The quantitative estimate of drug-likeness (QED) is 0.200. The number of nitrogens with one attached hydrogen (secondary N) is 2. The van der Waals surface area contributed by atoms with E-state index in [4.69, 9.17) is 4.98 Å². The van der Waals surface area contributed by atoms with Gasteiger partial charge in [0.1, 0.15) is 35.1 Å². The Balaban J connectivity index is 1.21. The molecule has 5 aromatic heterocycles. The Bertz CT molecular complexity index is 2150. The zero-order valence-corrected chi connectivity index (χ0v) is 23.6.